The van der Waals surface area contributed by atoms with E-state index < -0.39 is 29.6 Å². The predicted molar refractivity (Wildman–Crippen MR) is 83.5 cm³/mol. The van der Waals surface area contributed by atoms with Crippen LogP contribution in [0, 0.1) is 11.6 Å². The number of hydrogen-bond donors (Lipinski definition) is 2. The van der Waals surface area contributed by atoms with Gasteiger partial charge in [-0.05, 0) is 37.3 Å². The van der Waals surface area contributed by atoms with Crippen LogP contribution in [0.4, 0.5) is 8.78 Å². The van der Waals surface area contributed by atoms with Gasteiger partial charge < -0.3 is 4.74 Å². The summed E-state index contributed by atoms with van der Waals surface area (Å²) in [5.41, 5.74) is 3.78. The van der Waals surface area contributed by atoms with Gasteiger partial charge in [0, 0.05) is 5.02 Å². The van der Waals surface area contributed by atoms with Gasteiger partial charge in [-0.2, -0.15) is 0 Å². The number of hydrogen-bond acceptors (Lipinski definition) is 3. The molecule has 0 radical (unpaired) electrons. The summed E-state index contributed by atoms with van der Waals surface area (Å²) in [6.07, 6.45) is -1.09. The van der Waals surface area contributed by atoms with E-state index >= 15 is 0 Å². The van der Waals surface area contributed by atoms with E-state index in [0.29, 0.717) is 0 Å². The molecule has 1 atom stereocenters. The van der Waals surface area contributed by atoms with Gasteiger partial charge in [0.15, 0.2) is 17.7 Å². The number of benzene rings is 2. The van der Waals surface area contributed by atoms with Gasteiger partial charge in [0.25, 0.3) is 11.8 Å². The second kappa shape index (κ2) is 7.74. The minimum absolute atomic E-state index is 0.104. The molecule has 0 saturated heterocycles. The Balaban J connectivity index is 1.93. The van der Waals surface area contributed by atoms with Gasteiger partial charge in [0.1, 0.15) is 5.82 Å². The zero-order chi connectivity index (χ0) is 17.7. The zero-order valence-corrected chi connectivity index (χ0v) is 13.2. The third-order valence-corrected chi connectivity index (χ3v) is 3.22. The fourth-order valence-corrected chi connectivity index (χ4v) is 1.92. The van der Waals surface area contributed by atoms with E-state index in [1.165, 1.54) is 31.2 Å². The molecule has 2 amide bonds. The summed E-state index contributed by atoms with van der Waals surface area (Å²) in [4.78, 5) is 23.7. The molecule has 2 aromatic carbocycles. The molecule has 2 rings (SSSR count). The van der Waals surface area contributed by atoms with E-state index in [1.54, 1.807) is 6.07 Å². The lowest BCUT2D eigenvalue weighted by molar-refractivity contribution is -0.128. The van der Waals surface area contributed by atoms with Crippen molar-refractivity contribution in [3.63, 3.8) is 0 Å². The van der Waals surface area contributed by atoms with E-state index in [4.69, 9.17) is 16.3 Å². The molecule has 0 aliphatic carbocycles. The average molecular weight is 355 g/mol. The zero-order valence-electron chi connectivity index (χ0n) is 12.5. The number of hydrazine groups is 1. The fraction of sp³-hybridized carbons (Fsp3) is 0.125. The molecule has 1 unspecified atom stereocenters. The number of ether oxygens (including phenoxy) is 1. The number of amides is 2. The largest absolute Gasteiger partial charge is 0.478 e. The maximum atomic E-state index is 13.5. The van der Waals surface area contributed by atoms with Gasteiger partial charge in [-0.15, -0.1) is 0 Å². The van der Waals surface area contributed by atoms with Gasteiger partial charge in [-0.3, -0.25) is 20.4 Å². The first-order valence-corrected chi connectivity index (χ1v) is 7.22. The van der Waals surface area contributed by atoms with E-state index in [2.05, 4.69) is 5.43 Å². The molecule has 8 heteroatoms. The van der Waals surface area contributed by atoms with Gasteiger partial charge in [0.05, 0.1) is 5.56 Å². The number of rotatable bonds is 4. The third kappa shape index (κ3) is 4.42. The van der Waals surface area contributed by atoms with Crippen molar-refractivity contribution >= 4 is 23.4 Å². The Labute approximate surface area is 141 Å². The van der Waals surface area contributed by atoms with Gasteiger partial charge in [-0.1, -0.05) is 23.7 Å². The van der Waals surface area contributed by atoms with Gasteiger partial charge in [-0.25, -0.2) is 8.78 Å². The van der Waals surface area contributed by atoms with Crippen molar-refractivity contribution in [2.45, 2.75) is 13.0 Å². The smallest absolute Gasteiger partial charge is 0.279 e. The Kier molecular flexibility index (Phi) is 5.70. The number of para-hydroxylation sites is 1. The highest BCUT2D eigenvalue weighted by Crippen LogP contribution is 2.17. The Morgan fingerprint density at radius 2 is 1.79 bits per heavy atom. The standard InChI is InChI=1S/C16H13ClF2N2O3/c1-9(24-14-5-3-2-4-13(14)19)15(22)20-21-16(23)11-8-10(17)6-7-12(11)18/h2-9H,1H3,(H,20,22)(H,21,23). The van der Waals surface area contributed by atoms with Crippen molar-refractivity contribution in [2.24, 2.45) is 0 Å². The molecular formula is C16H13ClF2N2O3. The average Bonchev–Trinajstić information content (AvgIpc) is 2.56. The lowest BCUT2D eigenvalue weighted by atomic mass is 10.2. The minimum Gasteiger partial charge on any atom is -0.478 e. The highest BCUT2D eigenvalue weighted by atomic mass is 35.5. The van der Waals surface area contributed by atoms with Crippen molar-refractivity contribution in [3.8, 4) is 5.75 Å². The summed E-state index contributed by atoms with van der Waals surface area (Å²) in [5, 5.41) is 0.170. The molecule has 0 aromatic heterocycles. The Hall–Kier alpha value is -2.67. The van der Waals surface area contributed by atoms with Crippen molar-refractivity contribution < 1.29 is 23.1 Å². The molecule has 2 aromatic rings. The molecule has 0 spiro atoms. The topological polar surface area (TPSA) is 67.4 Å². The van der Waals surface area contributed by atoms with Crippen molar-refractivity contribution in [1.29, 1.82) is 0 Å². The van der Waals surface area contributed by atoms with Gasteiger partial charge in [0.2, 0.25) is 0 Å². The summed E-state index contributed by atoms with van der Waals surface area (Å²) >= 11 is 5.69. The molecule has 0 heterocycles. The SMILES string of the molecule is CC(Oc1ccccc1F)C(=O)NNC(=O)c1cc(Cl)ccc1F. The van der Waals surface area contributed by atoms with Crippen LogP contribution in [0.15, 0.2) is 42.5 Å². The number of nitrogens with one attached hydrogen (secondary N) is 2. The second-order valence-electron chi connectivity index (χ2n) is 4.76. The summed E-state index contributed by atoms with van der Waals surface area (Å²) in [5.74, 6) is -3.15. The lowest BCUT2D eigenvalue weighted by Gasteiger charge is -2.15. The Morgan fingerprint density at radius 1 is 1.08 bits per heavy atom. The van der Waals surface area contributed by atoms with E-state index in [0.717, 1.165) is 12.1 Å². The summed E-state index contributed by atoms with van der Waals surface area (Å²) in [6, 6.07) is 9.01. The number of halogens is 3. The monoisotopic (exact) mass is 354 g/mol. The lowest BCUT2D eigenvalue weighted by Crippen LogP contribution is -2.47. The first kappa shape index (κ1) is 17.7. The normalized spacial score (nSPS) is 11.5. The first-order chi connectivity index (χ1) is 11.4. The fourth-order valence-electron chi connectivity index (χ4n) is 1.74. The Morgan fingerprint density at radius 3 is 2.50 bits per heavy atom. The highest BCUT2D eigenvalue weighted by molar-refractivity contribution is 6.31. The molecule has 0 saturated carbocycles. The van der Waals surface area contributed by atoms with Crippen LogP contribution < -0.4 is 15.6 Å². The maximum Gasteiger partial charge on any atom is 0.279 e. The van der Waals surface area contributed by atoms with Crippen molar-refractivity contribution in [1.82, 2.24) is 10.9 Å². The van der Waals surface area contributed by atoms with Crippen LogP contribution in [0.5, 0.6) is 5.75 Å². The summed E-state index contributed by atoms with van der Waals surface area (Å²) in [7, 11) is 0. The van der Waals surface area contributed by atoms with E-state index in [9.17, 15) is 18.4 Å². The molecule has 0 bridgehead atoms. The van der Waals surface area contributed by atoms with Crippen LogP contribution in [0.2, 0.25) is 5.02 Å². The van der Waals surface area contributed by atoms with Crippen molar-refractivity contribution in [2.75, 3.05) is 0 Å². The van der Waals surface area contributed by atoms with Crippen LogP contribution in [0.1, 0.15) is 17.3 Å². The highest BCUT2D eigenvalue weighted by Gasteiger charge is 2.18. The van der Waals surface area contributed by atoms with Crippen LogP contribution in [0.25, 0.3) is 0 Å². The quantitative estimate of drug-likeness (QED) is 0.830. The van der Waals surface area contributed by atoms with Crippen LogP contribution in [-0.2, 0) is 4.79 Å². The molecule has 0 aliphatic heterocycles. The van der Waals surface area contributed by atoms with Crippen LogP contribution >= 0.6 is 11.6 Å². The minimum atomic E-state index is -1.09. The van der Waals surface area contributed by atoms with Crippen LogP contribution in [-0.4, -0.2) is 17.9 Å². The molecule has 2 N–H and O–H groups in total. The summed E-state index contributed by atoms with van der Waals surface area (Å²) in [6.45, 7) is 1.37. The van der Waals surface area contributed by atoms with Gasteiger partial charge >= 0.3 is 0 Å². The molecule has 126 valence electrons. The number of carbonyl (C=O) groups excluding carboxylic acids is 2. The third-order valence-electron chi connectivity index (χ3n) is 2.98. The summed E-state index contributed by atoms with van der Waals surface area (Å²) < 4.78 is 32.1. The predicted octanol–water partition coefficient (Wildman–Crippen LogP) is 2.85. The van der Waals surface area contributed by atoms with E-state index in [-0.39, 0.29) is 16.3 Å². The molecule has 0 aliphatic rings. The molecule has 5 nitrogen and oxygen atoms in total. The Bertz CT molecular complexity index is 771. The molecule has 0 fully saturated rings. The first-order valence-electron chi connectivity index (χ1n) is 6.85. The number of carbonyl (C=O) groups is 2. The maximum absolute atomic E-state index is 13.5. The molecule has 24 heavy (non-hydrogen) atoms. The van der Waals surface area contributed by atoms with Crippen LogP contribution in [0.3, 0.4) is 0 Å². The van der Waals surface area contributed by atoms with E-state index in [1.807, 2.05) is 5.43 Å². The second-order valence-corrected chi connectivity index (χ2v) is 5.19. The molecular weight excluding hydrogens is 342 g/mol. The van der Waals surface area contributed by atoms with Crippen molar-refractivity contribution in [3.05, 3.63) is 64.7 Å².